The van der Waals surface area contributed by atoms with E-state index in [-0.39, 0.29) is 25.1 Å². The molecule has 1 aliphatic rings. The van der Waals surface area contributed by atoms with Crippen LogP contribution >= 0.6 is 11.8 Å². The zero-order valence-electron chi connectivity index (χ0n) is 17.0. The summed E-state index contributed by atoms with van der Waals surface area (Å²) in [6.45, 7) is -0.238. The number of thioether (sulfide) groups is 1. The lowest BCUT2D eigenvalue weighted by Crippen LogP contribution is -2.34. The molecule has 156 valence electrons. The summed E-state index contributed by atoms with van der Waals surface area (Å²) in [6.07, 6.45) is 4.97. The van der Waals surface area contributed by atoms with Crippen LogP contribution < -0.4 is 5.32 Å². The minimum Gasteiger partial charge on any atom is -0.454 e. The SMILES string of the molecule is CSCc1nc2ccccc2n1CC(=O)OCC(=O)N[C@H]1CCCc2ccccc21. The predicted molar refractivity (Wildman–Crippen MR) is 118 cm³/mol. The molecule has 0 saturated heterocycles. The third-order valence-corrected chi connectivity index (χ3v) is 5.91. The number of ether oxygens (including phenoxy) is 1. The fourth-order valence-electron chi connectivity index (χ4n) is 4.00. The van der Waals surface area contributed by atoms with Gasteiger partial charge in [-0.3, -0.25) is 9.59 Å². The van der Waals surface area contributed by atoms with Crippen molar-refractivity contribution in [3.63, 3.8) is 0 Å². The van der Waals surface area contributed by atoms with E-state index in [9.17, 15) is 9.59 Å². The molecule has 2 aromatic carbocycles. The molecule has 0 radical (unpaired) electrons. The molecular formula is C23H25N3O3S. The molecular weight excluding hydrogens is 398 g/mol. The molecule has 1 aliphatic carbocycles. The van der Waals surface area contributed by atoms with E-state index in [1.807, 2.05) is 47.2 Å². The van der Waals surface area contributed by atoms with E-state index in [4.69, 9.17) is 4.74 Å². The smallest absolute Gasteiger partial charge is 0.326 e. The summed E-state index contributed by atoms with van der Waals surface area (Å²) in [7, 11) is 0. The van der Waals surface area contributed by atoms with Crippen LogP contribution in [0.4, 0.5) is 0 Å². The molecule has 1 N–H and O–H groups in total. The molecule has 30 heavy (non-hydrogen) atoms. The normalized spacial score (nSPS) is 15.6. The molecule has 0 fully saturated rings. The van der Waals surface area contributed by atoms with Crippen molar-refractivity contribution in [1.82, 2.24) is 14.9 Å². The second-order valence-corrected chi connectivity index (χ2v) is 8.27. The van der Waals surface area contributed by atoms with Crippen molar-refractivity contribution in [3.8, 4) is 0 Å². The molecule has 7 heteroatoms. The maximum absolute atomic E-state index is 12.4. The van der Waals surface area contributed by atoms with Gasteiger partial charge in [0.05, 0.1) is 22.8 Å². The average molecular weight is 424 g/mol. The Morgan fingerprint density at radius 1 is 1.20 bits per heavy atom. The number of nitrogens with one attached hydrogen (secondary N) is 1. The molecule has 1 aromatic heterocycles. The van der Waals surface area contributed by atoms with Gasteiger partial charge in [0.2, 0.25) is 0 Å². The van der Waals surface area contributed by atoms with Gasteiger partial charge in [-0.05, 0) is 48.8 Å². The zero-order chi connectivity index (χ0) is 20.9. The quantitative estimate of drug-likeness (QED) is 0.588. The fraction of sp³-hybridized carbons (Fsp3) is 0.348. The van der Waals surface area contributed by atoms with Crippen LogP contribution in [0.5, 0.6) is 0 Å². The summed E-state index contributed by atoms with van der Waals surface area (Å²) in [5.41, 5.74) is 4.18. The van der Waals surface area contributed by atoms with Gasteiger partial charge in [-0.25, -0.2) is 4.98 Å². The average Bonchev–Trinajstić information content (AvgIpc) is 3.10. The summed E-state index contributed by atoms with van der Waals surface area (Å²) in [5.74, 6) is 0.803. The first kappa shape index (κ1) is 20.5. The highest BCUT2D eigenvalue weighted by molar-refractivity contribution is 7.97. The second kappa shape index (κ2) is 9.34. The first-order chi connectivity index (χ1) is 14.7. The lowest BCUT2D eigenvalue weighted by atomic mass is 9.88. The van der Waals surface area contributed by atoms with Crippen molar-refractivity contribution in [3.05, 3.63) is 65.5 Å². The lowest BCUT2D eigenvalue weighted by molar-refractivity contribution is -0.149. The molecule has 1 amide bonds. The van der Waals surface area contributed by atoms with Gasteiger partial charge < -0.3 is 14.6 Å². The minimum atomic E-state index is -0.445. The molecule has 3 aromatic rings. The van der Waals surface area contributed by atoms with Gasteiger partial charge in [0, 0.05) is 0 Å². The summed E-state index contributed by atoms with van der Waals surface area (Å²) < 4.78 is 7.15. The van der Waals surface area contributed by atoms with Gasteiger partial charge in [0.15, 0.2) is 6.61 Å². The van der Waals surface area contributed by atoms with Crippen LogP contribution in [0.1, 0.15) is 35.8 Å². The maximum Gasteiger partial charge on any atom is 0.326 e. The van der Waals surface area contributed by atoms with Gasteiger partial charge in [-0.2, -0.15) is 11.8 Å². The number of carbonyl (C=O) groups excluding carboxylic acids is 2. The number of rotatable bonds is 7. The summed E-state index contributed by atoms with van der Waals surface area (Å²) in [4.78, 5) is 29.5. The summed E-state index contributed by atoms with van der Waals surface area (Å²) >= 11 is 1.64. The number of hydrogen-bond acceptors (Lipinski definition) is 5. The predicted octanol–water partition coefficient (Wildman–Crippen LogP) is 3.64. The molecule has 6 nitrogen and oxygen atoms in total. The Labute approximate surface area is 180 Å². The maximum atomic E-state index is 12.4. The lowest BCUT2D eigenvalue weighted by Gasteiger charge is -2.26. The molecule has 0 spiro atoms. The number of hydrogen-bond donors (Lipinski definition) is 1. The van der Waals surface area contributed by atoms with Crippen LogP contribution in [0, 0.1) is 0 Å². The Morgan fingerprint density at radius 3 is 2.87 bits per heavy atom. The van der Waals surface area contributed by atoms with Gasteiger partial charge in [-0.1, -0.05) is 36.4 Å². The van der Waals surface area contributed by atoms with Gasteiger partial charge in [-0.15, -0.1) is 0 Å². The molecule has 1 atom stereocenters. The monoisotopic (exact) mass is 423 g/mol. The van der Waals surface area contributed by atoms with Crippen LogP contribution in [0.25, 0.3) is 11.0 Å². The number of esters is 1. The Morgan fingerprint density at radius 2 is 2.00 bits per heavy atom. The van der Waals surface area contributed by atoms with Crippen molar-refractivity contribution in [1.29, 1.82) is 0 Å². The van der Waals surface area contributed by atoms with Crippen LogP contribution in [0.2, 0.25) is 0 Å². The molecule has 0 unspecified atom stereocenters. The molecule has 1 heterocycles. The first-order valence-electron chi connectivity index (χ1n) is 10.1. The number of carbonyl (C=O) groups is 2. The van der Waals surface area contributed by atoms with Crippen LogP contribution in [-0.2, 0) is 33.0 Å². The van der Waals surface area contributed by atoms with E-state index in [1.165, 1.54) is 5.56 Å². The van der Waals surface area contributed by atoms with E-state index in [1.54, 1.807) is 11.8 Å². The fourth-order valence-corrected chi connectivity index (χ4v) is 4.48. The number of aryl methyl sites for hydroxylation is 1. The van der Waals surface area contributed by atoms with E-state index in [0.29, 0.717) is 5.75 Å². The van der Waals surface area contributed by atoms with Crippen LogP contribution in [0.3, 0.4) is 0 Å². The Balaban J connectivity index is 1.36. The topological polar surface area (TPSA) is 73.2 Å². The van der Waals surface area contributed by atoms with E-state index in [2.05, 4.69) is 22.4 Å². The number of amides is 1. The van der Waals surface area contributed by atoms with Gasteiger partial charge >= 0.3 is 5.97 Å². The highest BCUT2D eigenvalue weighted by atomic mass is 32.2. The van der Waals surface area contributed by atoms with Crippen molar-refractivity contribution in [2.24, 2.45) is 0 Å². The van der Waals surface area contributed by atoms with Crippen molar-refractivity contribution in [2.75, 3.05) is 12.9 Å². The van der Waals surface area contributed by atoms with Gasteiger partial charge in [0.1, 0.15) is 12.4 Å². The van der Waals surface area contributed by atoms with Crippen molar-refractivity contribution in [2.45, 2.75) is 37.6 Å². The summed E-state index contributed by atoms with van der Waals surface area (Å²) in [6, 6.07) is 15.9. The largest absolute Gasteiger partial charge is 0.454 e. The standard InChI is InChI=1S/C23H25N3O3S/c1-30-15-21-24-19-10-4-5-12-20(19)26(21)13-23(28)29-14-22(27)25-18-11-6-8-16-7-2-3-9-17(16)18/h2-5,7,9-10,12,18H,6,8,11,13-15H2,1H3,(H,25,27)/t18-/m0/s1. The minimum absolute atomic E-state index is 0.0214. The third kappa shape index (κ3) is 4.51. The van der Waals surface area contributed by atoms with Gasteiger partial charge in [0.25, 0.3) is 5.91 Å². The summed E-state index contributed by atoms with van der Waals surface area (Å²) in [5, 5.41) is 3.01. The zero-order valence-corrected chi connectivity index (χ0v) is 17.8. The van der Waals surface area contributed by atoms with Crippen LogP contribution in [-0.4, -0.2) is 34.3 Å². The number of benzene rings is 2. The number of para-hydroxylation sites is 2. The highest BCUT2D eigenvalue weighted by Gasteiger charge is 2.22. The molecule has 0 bridgehead atoms. The van der Waals surface area contributed by atoms with Crippen LogP contribution in [0.15, 0.2) is 48.5 Å². The number of aromatic nitrogens is 2. The van der Waals surface area contributed by atoms with E-state index >= 15 is 0 Å². The van der Waals surface area contributed by atoms with Crippen molar-refractivity contribution < 1.29 is 14.3 Å². The van der Waals surface area contributed by atoms with E-state index in [0.717, 1.165) is 41.7 Å². The highest BCUT2D eigenvalue weighted by Crippen LogP contribution is 2.29. The Hall–Kier alpha value is -2.80. The third-order valence-electron chi connectivity index (χ3n) is 5.36. The Bertz CT molecular complexity index is 1060. The molecule has 0 saturated carbocycles. The molecule has 0 aliphatic heterocycles. The number of nitrogens with zero attached hydrogens (tertiary/aromatic N) is 2. The first-order valence-corrected chi connectivity index (χ1v) is 11.5. The van der Waals surface area contributed by atoms with E-state index < -0.39 is 5.97 Å². The number of fused-ring (bicyclic) bond motifs is 2. The molecule has 4 rings (SSSR count). The number of imidazole rings is 1. The second-order valence-electron chi connectivity index (χ2n) is 7.41. The Kier molecular flexibility index (Phi) is 6.38. The van der Waals surface area contributed by atoms with Crippen molar-refractivity contribution >= 4 is 34.7 Å².